The van der Waals surface area contributed by atoms with E-state index in [0.29, 0.717) is 6.04 Å². The van der Waals surface area contributed by atoms with Gasteiger partial charge in [0.05, 0.1) is 6.20 Å². The zero-order valence-electron chi connectivity index (χ0n) is 11.6. The highest BCUT2D eigenvalue weighted by atomic mass is 15.2. The molecule has 0 fully saturated rings. The second-order valence-corrected chi connectivity index (χ2v) is 4.76. The maximum Gasteiger partial charge on any atom is 0.0538 e. The van der Waals surface area contributed by atoms with Gasteiger partial charge in [-0.25, -0.2) is 4.68 Å². The van der Waals surface area contributed by atoms with E-state index in [1.54, 1.807) is 10.9 Å². The molecule has 0 bridgehead atoms. The van der Waals surface area contributed by atoms with Gasteiger partial charge in [-0.1, -0.05) is 43.3 Å². The van der Waals surface area contributed by atoms with E-state index in [-0.39, 0.29) is 0 Å². The van der Waals surface area contributed by atoms with Crippen LogP contribution in [0.15, 0.2) is 43.2 Å². The van der Waals surface area contributed by atoms with Crippen molar-refractivity contribution in [3.05, 3.63) is 59.9 Å². The van der Waals surface area contributed by atoms with Crippen molar-refractivity contribution in [2.75, 3.05) is 0 Å². The maximum atomic E-state index is 4.18. The molecule has 0 amide bonds. The van der Waals surface area contributed by atoms with Gasteiger partial charge in [0.1, 0.15) is 0 Å². The Morgan fingerprint density at radius 2 is 2.11 bits per heavy atom. The number of aromatic nitrogens is 2. The first-order valence-electron chi connectivity index (χ1n) is 6.68. The number of nitrogens with one attached hydrogen (secondary N) is 1. The van der Waals surface area contributed by atoms with Crippen LogP contribution in [0.1, 0.15) is 36.1 Å². The van der Waals surface area contributed by atoms with Crippen molar-refractivity contribution in [3.8, 4) is 0 Å². The van der Waals surface area contributed by atoms with E-state index in [4.69, 9.17) is 0 Å². The predicted molar refractivity (Wildman–Crippen MR) is 79.7 cm³/mol. The molecule has 1 heterocycles. The van der Waals surface area contributed by atoms with E-state index in [2.05, 4.69) is 55.1 Å². The van der Waals surface area contributed by atoms with Crippen LogP contribution in [0, 0.1) is 6.92 Å². The molecule has 0 radical (unpaired) electrons. The molecule has 100 valence electrons. The first-order chi connectivity index (χ1) is 9.22. The summed E-state index contributed by atoms with van der Waals surface area (Å²) in [4.78, 5) is 0. The van der Waals surface area contributed by atoms with E-state index in [0.717, 1.165) is 13.0 Å². The molecule has 19 heavy (non-hydrogen) atoms. The van der Waals surface area contributed by atoms with Gasteiger partial charge in [-0.15, -0.1) is 0 Å². The van der Waals surface area contributed by atoms with E-state index in [1.807, 2.05) is 12.4 Å². The highest BCUT2D eigenvalue weighted by molar-refractivity contribution is 5.24. The summed E-state index contributed by atoms with van der Waals surface area (Å²) in [5.41, 5.74) is 3.81. The average molecular weight is 255 g/mol. The van der Waals surface area contributed by atoms with Crippen LogP contribution in [-0.4, -0.2) is 9.78 Å². The van der Waals surface area contributed by atoms with Crippen LogP contribution in [0.5, 0.6) is 0 Å². The third-order valence-corrected chi connectivity index (χ3v) is 3.28. The SMILES string of the molecule is C=Cn1cc(CNC(CC)c2ccc(C)cc2)cn1. The molecule has 2 aromatic rings. The van der Waals surface area contributed by atoms with Crippen molar-refractivity contribution in [1.82, 2.24) is 15.1 Å². The van der Waals surface area contributed by atoms with Gasteiger partial charge in [-0.05, 0) is 18.9 Å². The zero-order chi connectivity index (χ0) is 13.7. The van der Waals surface area contributed by atoms with Crippen molar-refractivity contribution >= 4 is 6.20 Å². The summed E-state index contributed by atoms with van der Waals surface area (Å²) in [6.07, 6.45) is 6.62. The first-order valence-corrected chi connectivity index (χ1v) is 6.68. The normalized spacial score (nSPS) is 12.3. The zero-order valence-corrected chi connectivity index (χ0v) is 11.6. The number of benzene rings is 1. The molecule has 1 atom stereocenters. The molecular formula is C16H21N3. The summed E-state index contributed by atoms with van der Waals surface area (Å²) in [6, 6.07) is 9.10. The molecule has 0 aliphatic rings. The average Bonchev–Trinajstić information content (AvgIpc) is 2.89. The number of nitrogens with zero attached hydrogens (tertiary/aromatic N) is 2. The van der Waals surface area contributed by atoms with Crippen molar-refractivity contribution in [2.45, 2.75) is 32.9 Å². The minimum atomic E-state index is 0.382. The summed E-state index contributed by atoms with van der Waals surface area (Å²) >= 11 is 0. The molecule has 1 unspecified atom stereocenters. The van der Waals surface area contributed by atoms with Crippen LogP contribution in [0.25, 0.3) is 6.20 Å². The van der Waals surface area contributed by atoms with E-state index < -0.39 is 0 Å². The van der Waals surface area contributed by atoms with Crippen LogP contribution in [0.2, 0.25) is 0 Å². The highest BCUT2D eigenvalue weighted by Gasteiger charge is 2.08. The van der Waals surface area contributed by atoms with Gasteiger partial charge in [-0.2, -0.15) is 5.10 Å². The summed E-state index contributed by atoms with van der Waals surface area (Å²) in [5, 5.41) is 7.75. The Morgan fingerprint density at radius 1 is 1.37 bits per heavy atom. The molecule has 1 aromatic heterocycles. The van der Waals surface area contributed by atoms with E-state index in [9.17, 15) is 0 Å². The Morgan fingerprint density at radius 3 is 2.68 bits per heavy atom. The molecule has 0 aliphatic carbocycles. The quantitative estimate of drug-likeness (QED) is 0.855. The van der Waals surface area contributed by atoms with E-state index in [1.165, 1.54) is 16.7 Å². The maximum absolute atomic E-state index is 4.18. The second kappa shape index (κ2) is 6.34. The minimum Gasteiger partial charge on any atom is -0.306 e. The molecule has 0 saturated heterocycles. The highest BCUT2D eigenvalue weighted by Crippen LogP contribution is 2.17. The lowest BCUT2D eigenvalue weighted by Gasteiger charge is -2.17. The molecule has 0 spiro atoms. The fourth-order valence-corrected chi connectivity index (χ4v) is 2.11. The molecule has 3 heteroatoms. The van der Waals surface area contributed by atoms with Crippen LogP contribution in [0.4, 0.5) is 0 Å². The molecule has 0 aliphatic heterocycles. The Balaban J connectivity index is 1.99. The largest absolute Gasteiger partial charge is 0.306 e. The van der Waals surface area contributed by atoms with Gasteiger partial charge >= 0.3 is 0 Å². The van der Waals surface area contributed by atoms with Gasteiger partial charge in [0.25, 0.3) is 0 Å². The molecule has 1 N–H and O–H groups in total. The summed E-state index contributed by atoms with van der Waals surface area (Å²) in [5.74, 6) is 0. The third kappa shape index (κ3) is 3.55. The Kier molecular flexibility index (Phi) is 4.53. The second-order valence-electron chi connectivity index (χ2n) is 4.76. The summed E-state index contributed by atoms with van der Waals surface area (Å²) < 4.78 is 1.73. The van der Waals surface area contributed by atoms with Crippen LogP contribution < -0.4 is 5.32 Å². The Bertz CT molecular complexity index is 525. The number of hydrogen-bond donors (Lipinski definition) is 1. The molecule has 2 rings (SSSR count). The van der Waals surface area contributed by atoms with Crippen LogP contribution >= 0.6 is 0 Å². The van der Waals surface area contributed by atoms with E-state index >= 15 is 0 Å². The molecule has 0 saturated carbocycles. The molecule has 1 aromatic carbocycles. The lowest BCUT2D eigenvalue weighted by atomic mass is 10.0. The van der Waals surface area contributed by atoms with Crippen molar-refractivity contribution in [2.24, 2.45) is 0 Å². The van der Waals surface area contributed by atoms with Crippen LogP contribution in [-0.2, 0) is 6.54 Å². The van der Waals surface area contributed by atoms with Gasteiger partial charge < -0.3 is 5.32 Å². The Labute approximate surface area is 115 Å². The van der Waals surface area contributed by atoms with Crippen LogP contribution in [0.3, 0.4) is 0 Å². The number of hydrogen-bond acceptors (Lipinski definition) is 2. The lowest BCUT2D eigenvalue weighted by molar-refractivity contribution is 0.519. The fraction of sp³-hybridized carbons (Fsp3) is 0.312. The molecular weight excluding hydrogens is 234 g/mol. The smallest absolute Gasteiger partial charge is 0.0538 e. The van der Waals surface area contributed by atoms with Crippen molar-refractivity contribution < 1.29 is 0 Å². The topological polar surface area (TPSA) is 29.9 Å². The number of aryl methyl sites for hydroxylation is 1. The van der Waals surface area contributed by atoms with Gasteiger partial charge in [0, 0.05) is 30.5 Å². The standard InChI is InChI=1S/C16H21N3/c1-4-16(15-8-6-13(3)7-9-15)17-10-14-11-18-19(5-2)12-14/h5-9,11-12,16-17H,2,4,10H2,1,3H3. The molecule has 3 nitrogen and oxygen atoms in total. The Hall–Kier alpha value is -1.87. The van der Waals surface area contributed by atoms with Crippen molar-refractivity contribution in [3.63, 3.8) is 0 Å². The summed E-state index contributed by atoms with van der Waals surface area (Å²) in [6.45, 7) is 8.82. The minimum absolute atomic E-state index is 0.382. The number of rotatable bonds is 6. The first kappa shape index (κ1) is 13.6. The lowest BCUT2D eigenvalue weighted by Crippen LogP contribution is -2.20. The predicted octanol–water partition coefficient (Wildman–Crippen LogP) is 3.53. The monoisotopic (exact) mass is 255 g/mol. The van der Waals surface area contributed by atoms with Gasteiger partial charge in [0.2, 0.25) is 0 Å². The van der Waals surface area contributed by atoms with Gasteiger partial charge in [0.15, 0.2) is 0 Å². The summed E-state index contributed by atoms with van der Waals surface area (Å²) in [7, 11) is 0. The third-order valence-electron chi connectivity index (χ3n) is 3.28. The van der Waals surface area contributed by atoms with Crippen molar-refractivity contribution in [1.29, 1.82) is 0 Å². The van der Waals surface area contributed by atoms with Gasteiger partial charge in [-0.3, -0.25) is 0 Å². The fourth-order valence-electron chi connectivity index (χ4n) is 2.11.